The number of nitrogens with zero attached hydrogens (tertiary/aromatic N) is 2. The number of fused-ring (bicyclic) bond motifs is 2. The molecule has 0 radical (unpaired) electrons. The van der Waals surface area contributed by atoms with E-state index in [1.54, 1.807) is 0 Å². The third-order valence-corrected chi connectivity index (χ3v) is 7.45. The molecule has 1 aliphatic rings. The summed E-state index contributed by atoms with van der Waals surface area (Å²) in [6.07, 6.45) is 0. The first kappa shape index (κ1) is 21.6. The van der Waals surface area contributed by atoms with Gasteiger partial charge >= 0.3 is 0 Å². The van der Waals surface area contributed by atoms with Crippen molar-refractivity contribution in [2.24, 2.45) is 0 Å². The maximum absolute atomic E-state index is 2.37. The lowest BCUT2D eigenvalue weighted by Gasteiger charge is -2.40. The molecule has 0 fully saturated rings. The minimum Gasteiger partial charge on any atom is -0.306 e. The van der Waals surface area contributed by atoms with E-state index in [9.17, 15) is 0 Å². The van der Waals surface area contributed by atoms with E-state index in [-0.39, 0.29) is 0 Å². The molecule has 0 unspecified atom stereocenters. The van der Waals surface area contributed by atoms with Crippen molar-refractivity contribution in [2.75, 3.05) is 9.80 Å². The molecule has 0 amide bonds. The van der Waals surface area contributed by atoms with Crippen LogP contribution in [0.25, 0.3) is 0 Å². The third-order valence-electron chi connectivity index (χ3n) is 6.36. The van der Waals surface area contributed by atoms with E-state index in [4.69, 9.17) is 0 Å². The predicted octanol–water partition coefficient (Wildman–Crippen LogP) is 9.54. The van der Waals surface area contributed by atoms with Gasteiger partial charge in [0, 0.05) is 22.0 Å². The van der Waals surface area contributed by atoms with Crippen LogP contribution < -0.4 is 9.80 Å². The molecule has 0 atom stereocenters. The molecule has 0 aromatic heterocycles. The normalized spacial score (nSPS) is 12.3. The quantitative estimate of drug-likeness (QED) is 0.232. The number of hydrogen-bond acceptors (Lipinski definition) is 3. The van der Waals surface area contributed by atoms with Crippen LogP contribution in [-0.2, 0) is 5.75 Å². The fraction of sp³-hybridized carbons (Fsp3) is 0.0625. The van der Waals surface area contributed by atoms with Crippen molar-refractivity contribution in [1.82, 2.24) is 0 Å². The molecule has 35 heavy (non-hydrogen) atoms. The maximum atomic E-state index is 2.37. The summed E-state index contributed by atoms with van der Waals surface area (Å²) in [5.41, 5.74) is 9.68. The summed E-state index contributed by atoms with van der Waals surface area (Å²) in [5, 5.41) is 0. The molecule has 1 heterocycles. The summed E-state index contributed by atoms with van der Waals surface area (Å²) >= 11 is 1.88. The van der Waals surface area contributed by atoms with E-state index in [2.05, 4.69) is 144 Å². The average molecular weight is 471 g/mol. The lowest BCUT2D eigenvalue weighted by atomic mass is 10.0. The van der Waals surface area contributed by atoms with Gasteiger partial charge in [0.2, 0.25) is 0 Å². The smallest absolute Gasteiger partial charge is 0.0703 e. The van der Waals surface area contributed by atoms with Crippen molar-refractivity contribution < 1.29 is 0 Å². The minimum atomic E-state index is 0.973. The van der Waals surface area contributed by atoms with E-state index in [1.807, 2.05) is 11.8 Å². The molecular weight excluding hydrogens is 444 g/mol. The van der Waals surface area contributed by atoms with Gasteiger partial charge in [-0.3, -0.25) is 0 Å². The highest BCUT2D eigenvalue weighted by Gasteiger charge is 2.29. The number of rotatable bonds is 5. The van der Waals surface area contributed by atoms with Gasteiger partial charge in [0.15, 0.2) is 0 Å². The second kappa shape index (κ2) is 9.36. The van der Waals surface area contributed by atoms with Gasteiger partial charge in [0.05, 0.1) is 22.7 Å². The Morgan fingerprint density at radius 2 is 0.943 bits per heavy atom. The summed E-state index contributed by atoms with van der Waals surface area (Å²) in [6.45, 7) is 2.13. The Morgan fingerprint density at radius 1 is 0.486 bits per heavy atom. The zero-order chi connectivity index (χ0) is 23.6. The Hall–Kier alpha value is -3.95. The predicted molar refractivity (Wildman–Crippen MR) is 150 cm³/mol. The molecule has 5 aromatic rings. The van der Waals surface area contributed by atoms with Crippen molar-refractivity contribution in [3.63, 3.8) is 0 Å². The highest BCUT2D eigenvalue weighted by molar-refractivity contribution is 7.98. The highest BCUT2D eigenvalue weighted by atomic mass is 32.2. The van der Waals surface area contributed by atoms with Crippen molar-refractivity contribution >= 4 is 45.9 Å². The fourth-order valence-electron chi connectivity index (χ4n) is 4.62. The first-order valence-electron chi connectivity index (χ1n) is 11.9. The van der Waals surface area contributed by atoms with Gasteiger partial charge in [0.1, 0.15) is 0 Å². The van der Waals surface area contributed by atoms with Crippen molar-refractivity contribution in [1.29, 1.82) is 0 Å². The molecule has 5 aromatic carbocycles. The third kappa shape index (κ3) is 4.20. The van der Waals surface area contributed by atoms with Crippen LogP contribution in [0, 0.1) is 6.92 Å². The average Bonchev–Trinajstić information content (AvgIpc) is 2.92. The van der Waals surface area contributed by atoms with Crippen LogP contribution in [0.2, 0.25) is 0 Å². The second-order valence-electron chi connectivity index (χ2n) is 8.75. The molecule has 0 saturated heterocycles. The number of aryl methyl sites for hydroxylation is 1. The number of benzene rings is 5. The van der Waals surface area contributed by atoms with Crippen LogP contribution >= 0.6 is 11.8 Å². The lowest BCUT2D eigenvalue weighted by Crippen LogP contribution is -2.23. The standard InChI is InChI=1S/C32H26N2S/c1-24-15-17-25(18-16-24)23-35-28-21-19-27(20-22-28)34-31-13-7-5-11-29(31)33(26-9-3-2-4-10-26)30-12-6-8-14-32(30)34/h2-22H,23H2,1H3. The lowest BCUT2D eigenvalue weighted by molar-refractivity contribution is 1.17. The van der Waals surface area contributed by atoms with Gasteiger partial charge in [-0.2, -0.15) is 0 Å². The SMILES string of the molecule is Cc1ccc(CSc2ccc(N3c4ccccc4N(c4ccccc4)c4ccccc43)cc2)cc1. The molecule has 6 rings (SSSR count). The second-order valence-corrected chi connectivity index (χ2v) is 9.80. The van der Waals surface area contributed by atoms with Gasteiger partial charge in [-0.15, -0.1) is 11.8 Å². The number of hydrogen-bond donors (Lipinski definition) is 0. The Bertz CT molecular complexity index is 1400. The molecule has 2 nitrogen and oxygen atoms in total. The Morgan fingerprint density at radius 3 is 1.46 bits per heavy atom. The van der Waals surface area contributed by atoms with Crippen molar-refractivity contribution in [3.8, 4) is 0 Å². The molecule has 0 aliphatic carbocycles. The molecule has 170 valence electrons. The van der Waals surface area contributed by atoms with Crippen LogP contribution in [0.15, 0.2) is 132 Å². The topological polar surface area (TPSA) is 6.48 Å². The van der Waals surface area contributed by atoms with E-state index in [1.165, 1.54) is 38.8 Å². The summed E-state index contributed by atoms with van der Waals surface area (Å²) in [7, 11) is 0. The Kier molecular flexibility index (Phi) is 5.77. The van der Waals surface area contributed by atoms with Gasteiger partial charge in [-0.1, -0.05) is 72.3 Å². The van der Waals surface area contributed by atoms with Crippen LogP contribution in [0.1, 0.15) is 11.1 Å². The van der Waals surface area contributed by atoms with Gasteiger partial charge in [0.25, 0.3) is 0 Å². The zero-order valence-electron chi connectivity index (χ0n) is 19.6. The summed E-state index contributed by atoms with van der Waals surface area (Å²) in [5.74, 6) is 0.973. The number of anilines is 6. The number of thioether (sulfide) groups is 1. The Labute approximate surface area is 211 Å². The van der Waals surface area contributed by atoms with E-state index in [0.29, 0.717) is 0 Å². The molecule has 0 spiro atoms. The fourth-order valence-corrected chi connectivity index (χ4v) is 5.47. The molecule has 1 aliphatic heterocycles. The van der Waals surface area contributed by atoms with Crippen LogP contribution in [0.5, 0.6) is 0 Å². The molecule has 3 heteroatoms. The molecular formula is C32H26N2S. The van der Waals surface area contributed by atoms with E-state index < -0.39 is 0 Å². The van der Waals surface area contributed by atoms with Gasteiger partial charge < -0.3 is 9.80 Å². The van der Waals surface area contributed by atoms with E-state index in [0.717, 1.165) is 17.1 Å². The minimum absolute atomic E-state index is 0.973. The van der Waals surface area contributed by atoms with Crippen LogP contribution in [0.3, 0.4) is 0 Å². The summed E-state index contributed by atoms with van der Waals surface area (Å²) < 4.78 is 0. The highest BCUT2D eigenvalue weighted by Crippen LogP contribution is 2.53. The van der Waals surface area contributed by atoms with Crippen LogP contribution in [0.4, 0.5) is 34.1 Å². The molecule has 0 N–H and O–H groups in total. The zero-order valence-corrected chi connectivity index (χ0v) is 20.5. The van der Waals surface area contributed by atoms with Gasteiger partial charge in [-0.05, 0) is 73.2 Å². The van der Waals surface area contributed by atoms with Gasteiger partial charge in [-0.25, -0.2) is 0 Å². The summed E-state index contributed by atoms with van der Waals surface area (Å²) in [4.78, 5) is 6.00. The Balaban J connectivity index is 1.36. The van der Waals surface area contributed by atoms with E-state index >= 15 is 0 Å². The molecule has 0 saturated carbocycles. The number of para-hydroxylation sites is 5. The summed E-state index contributed by atoms with van der Waals surface area (Å²) in [6, 6.07) is 45.7. The van der Waals surface area contributed by atoms with Crippen molar-refractivity contribution in [3.05, 3.63) is 139 Å². The van der Waals surface area contributed by atoms with Crippen molar-refractivity contribution in [2.45, 2.75) is 17.6 Å². The largest absolute Gasteiger partial charge is 0.306 e. The first-order valence-corrected chi connectivity index (χ1v) is 12.9. The first-order chi connectivity index (χ1) is 17.3. The van der Waals surface area contributed by atoms with Crippen LogP contribution in [-0.4, -0.2) is 0 Å². The maximum Gasteiger partial charge on any atom is 0.0703 e. The molecule has 0 bridgehead atoms. The monoisotopic (exact) mass is 470 g/mol.